The summed E-state index contributed by atoms with van der Waals surface area (Å²) in [5, 5.41) is 0. The summed E-state index contributed by atoms with van der Waals surface area (Å²) in [4.78, 5) is 0. The van der Waals surface area contributed by atoms with Gasteiger partial charge in [-0.25, -0.2) is 0 Å². The zero-order valence-corrected chi connectivity index (χ0v) is 100. The van der Waals surface area contributed by atoms with Crippen LogP contribution < -0.4 is 0 Å². The van der Waals surface area contributed by atoms with E-state index in [0.717, 1.165) is 89.2 Å². The fourth-order valence-electron chi connectivity index (χ4n) is 12.2. The van der Waals surface area contributed by atoms with Gasteiger partial charge in [-0.2, -0.15) is 0 Å². The second kappa shape index (κ2) is 63.9. The molecular formula is C117H234O18. The first-order chi connectivity index (χ1) is 68.6. The van der Waals surface area contributed by atoms with E-state index in [0.29, 0.717) is 13.5 Å². The van der Waals surface area contributed by atoms with Crippen LogP contribution in [-0.2, 0) is 85.3 Å². The summed E-state index contributed by atoms with van der Waals surface area (Å²) in [5.41, 5.74) is 10.3. The van der Waals surface area contributed by atoms with E-state index in [2.05, 4.69) is 20.8 Å². The molecule has 0 saturated carbocycles. The molecule has 0 amide bonds. The number of methoxy groups -OCH3 is 9. The Balaban J connectivity index is -0.000000223. The molecule has 18 nitrogen and oxygen atoms in total. The predicted molar refractivity (Wildman–Crippen MR) is 587 cm³/mol. The lowest BCUT2D eigenvalue weighted by atomic mass is 9.87. The van der Waals surface area contributed by atoms with Gasteiger partial charge in [-0.05, 0) is 536 Å². The van der Waals surface area contributed by atoms with Gasteiger partial charge in [-0.1, -0.05) is 0 Å². The molecular weight excluding hydrogens is 1690 g/mol. The lowest BCUT2D eigenvalue weighted by Crippen LogP contribution is -2.32. The van der Waals surface area contributed by atoms with Gasteiger partial charge in [0, 0.05) is 141 Å². The second-order valence-electron chi connectivity index (χ2n) is 42.9. The molecule has 0 bridgehead atoms. The fraction of sp³-hybridized carbons (Fsp3) is 0.846. The van der Waals surface area contributed by atoms with Gasteiger partial charge in [0.15, 0.2) is 0 Å². The Labute approximate surface area is 870 Å². The average molecular weight is 1950 g/mol. The predicted octanol–water partition coefficient (Wildman–Crippen LogP) is 32.1. The van der Waals surface area contributed by atoms with E-state index in [1.165, 1.54) is 18.1 Å². The van der Waals surface area contributed by atoms with E-state index in [4.69, 9.17) is 114 Å². The highest BCUT2D eigenvalue weighted by molar-refractivity contribution is 5.32. The van der Waals surface area contributed by atoms with Crippen LogP contribution in [0.4, 0.5) is 0 Å². The Morgan fingerprint density at radius 3 is 0.496 bits per heavy atom. The Hall–Kier alpha value is -3.06. The molecule has 0 rings (SSSR count). The van der Waals surface area contributed by atoms with Gasteiger partial charge < -0.3 is 85.3 Å². The molecule has 0 fully saturated rings. The minimum Gasteiger partial charge on any atom is -0.374 e. The zero-order chi connectivity index (χ0) is 128. The highest BCUT2D eigenvalue weighted by Crippen LogP contribution is 2.40. The summed E-state index contributed by atoms with van der Waals surface area (Å²) in [7, 11) is 15.1. The van der Waals surface area contributed by atoms with E-state index in [9.17, 15) is 0 Å². The molecule has 0 saturated heterocycles. The van der Waals surface area contributed by atoms with E-state index < -0.39 is 135 Å². The van der Waals surface area contributed by atoms with Crippen molar-refractivity contribution in [2.24, 2.45) is 0 Å². The SMILES string of the molecule is [2H]C(C)OC(C)(C)/C(C)=C(/C)C(C)(C)OC.[2H]C(OC(C)(C)/C(C)=C(/C)C(C)(C)OC)C([2H])([2H])[2H].[2H]C([2H])(C)OC(C)(C)/C(C)=C(/C)C(C)(C)OC.[2H]C([2H])([2H])COC(C)(C)/C(C)=C(/C)C(C)(C)OC.[2H]C([2H])C([2H])OC(C)(C)/C(C)=C(/C)C(C)(C)OC.[2H]C([2H])COC(C)(C)/C(C)=C(/C)C(C)(C)OC.[2H]CC([2H])([2H])OC(C)(C)/C(C)=C(/C)C(C)(C)OC.[2H]CC([2H])OC(C)(C)/C(C)=C(/C)C(C)(C)OC.[2H]CCOC(C)(C)/C(C)=C(/C)C(C)(C)OC. The molecule has 18 heteroatoms. The first-order valence-electron chi connectivity index (χ1n) is 58.8. The van der Waals surface area contributed by atoms with Crippen molar-refractivity contribution in [2.45, 2.75) is 537 Å². The maximum Gasteiger partial charge on any atom is 0.0836 e. The maximum atomic E-state index is 7.58. The van der Waals surface area contributed by atoms with Gasteiger partial charge in [0.2, 0.25) is 0 Å². The lowest BCUT2D eigenvalue weighted by Gasteiger charge is -2.33. The number of hydrogen-bond donors (Lipinski definition) is 0. The first kappa shape index (κ1) is 109. The molecule has 0 aliphatic carbocycles. The van der Waals surface area contributed by atoms with Crippen molar-refractivity contribution in [1.82, 2.24) is 0 Å². The van der Waals surface area contributed by atoms with Gasteiger partial charge in [0.1, 0.15) is 0 Å². The molecule has 4 unspecified atom stereocenters. The van der Waals surface area contributed by atoms with E-state index in [1.54, 1.807) is 84.8 Å². The molecule has 135 heavy (non-hydrogen) atoms. The monoisotopic (exact) mass is 1950 g/mol. The number of ether oxygens (including phenoxy) is 18. The van der Waals surface area contributed by atoms with Crippen LogP contribution in [0.15, 0.2) is 100 Å². The molecule has 0 aromatic rings. The van der Waals surface area contributed by atoms with Crippen LogP contribution in [0.1, 0.15) is 465 Å². The van der Waals surface area contributed by atoms with Gasteiger partial charge in [0.25, 0.3) is 0 Å². The van der Waals surface area contributed by atoms with E-state index in [-0.39, 0.29) is 59.3 Å². The summed E-state index contributed by atoms with van der Waals surface area (Å²) < 4.78 is 252. The molecule has 810 valence electrons. The smallest absolute Gasteiger partial charge is 0.0836 e. The molecule has 0 aliphatic rings. The van der Waals surface area contributed by atoms with Crippen LogP contribution in [0.2, 0.25) is 0 Å². The maximum absolute atomic E-state index is 7.58. The van der Waals surface area contributed by atoms with Crippen LogP contribution >= 0.6 is 0 Å². The van der Waals surface area contributed by atoms with Gasteiger partial charge >= 0.3 is 0 Å². The van der Waals surface area contributed by atoms with Crippen LogP contribution in [0.25, 0.3) is 0 Å². The number of hydrogen-bond acceptors (Lipinski definition) is 18. The van der Waals surface area contributed by atoms with Gasteiger partial charge in [0.05, 0.1) is 112 Å². The number of rotatable bonds is 45. The topological polar surface area (TPSA) is 166 Å². The summed E-state index contributed by atoms with van der Waals surface area (Å²) >= 11 is 0. The van der Waals surface area contributed by atoms with Crippen molar-refractivity contribution >= 4 is 0 Å². The molecule has 0 aromatic heterocycles. The Morgan fingerprint density at radius 1 is 0.163 bits per heavy atom. The third-order valence-corrected chi connectivity index (χ3v) is 29.4. The molecule has 0 spiro atoms. The van der Waals surface area contributed by atoms with Crippen molar-refractivity contribution in [3.8, 4) is 0 Å². The second-order valence-corrected chi connectivity index (χ2v) is 42.9. The highest BCUT2D eigenvalue weighted by Gasteiger charge is 2.38. The minimum absolute atomic E-state index is 0.0522. The average Bonchev–Trinajstić information content (AvgIpc) is 0.805. The van der Waals surface area contributed by atoms with Crippen molar-refractivity contribution in [1.29, 1.82) is 0 Å². The van der Waals surface area contributed by atoms with E-state index >= 15 is 0 Å². The molecule has 0 radical (unpaired) electrons. The summed E-state index contributed by atoms with van der Waals surface area (Å²) in [6.07, 6.45) is 0. The molecule has 0 aromatic carbocycles. The van der Waals surface area contributed by atoms with Crippen molar-refractivity contribution < 1.29 is 114 Å². The third-order valence-electron chi connectivity index (χ3n) is 29.4. The zero-order valence-electron chi connectivity index (χ0n) is 121. The van der Waals surface area contributed by atoms with Gasteiger partial charge in [-0.15, -0.1) is 0 Å². The third kappa shape index (κ3) is 52.3. The van der Waals surface area contributed by atoms with Crippen molar-refractivity contribution in [3.05, 3.63) is 100 Å². The van der Waals surface area contributed by atoms with Crippen LogP contribution in [0, 0.1) is 0 Å². The lowest BCUT2D eigenvalue weighted by molar-refractivity contribution is 0.0109. The van der Waals surface area contributed by atoms with Crippen molar-refractivity contribution in [3.63, 3.8) is 0 Å². The Bertz CT molecular complexity index is 4400. The molecule has 0 heterocycles. The Morgan fingerprint density at radius 2 is 0.333 bits per heavy atom. The highest BCUT2D eigenvalue weighted by atomic mass is 16.5. The van der Waals surface area contributed by atoms with Crippen LogP contribution in [0.5, 0.6) is 0 Å². The summed E-state index contributed by atoms with van der Waals surface area (Å²) in [6.45, 7) is 94.7. The van der Waals surface area contributed by atoms with Crippen molar-refractivity contribution in [2.75, 3.05) is 123 Å². The minimum atomic E-state index is -2.44. The summed E-state index contributed by atoms with van der Waals surface area (Å²) in [6, 6.07) is 0. The molecule has 0 N–H and O–H groups in total. The molecule has 4 atom stereocenters. The van der Waals surface area contributed by atoms with Crippen LogP contribution in [-0.4, -0.2) is 224 Å². The largest absolute Gasteiger partial charge is 0.374 e. The summed E-state index contributed by atoms with van der Waals surface area (Å²) in [5.74, 6) is 0. The Kier molecular flexibility index (Phi) is 51.7. The first-order valence-corrected chi connectivity index (χ1v) is 47.0. The fourth-order valence-corrected chi connectivity index (χ4v) is 12.2. The van der Waals surface area contributed by atoms with Crippen LogP contribution in [0.3, 0.4) is 0 Å². The normalized spacial score (nSPS) is 18.8. The van der Waals surface area contributed by atoms with Gasteiger partial charge in [-0.3, -0.25) is 0 Å². The quantitative estimate of drug-likeness (QED) is 0.0528. The molecule has 0 aliphatic heterocycles. The van der Waals surface area contributed by atoms with E-state index in [1.807, 2.05) is 339 Å². The standard InChI is InChI=1S/9C13H26O2/c9*1-9-15-13(6,7)11(3)10(2)12(4,5)14-8/h9*9H2,1-8H3/b9*11-10-/i1D3,9D;1D2,9D;1D,9D2;1D,9D;9D2;9D;1D3;1D2;1D.